The molecule has 0 heterocycles. The molecule has 2 aromatic rings. The van der Waals surface area contributed by atoms with Gasteiger partial charge in [-0.25, -0.2) is 0 Å². The highest BCUT2D eigenvalue weighted by atomic mass is 16.5. The molecule has 3 heteroatoms. The molecule has 0 saturated heterocycles. The van der Waals surface area contributed by atoms with E-state index in [0.717, 1.165) is 5.56 Å². The first kappa shape index (κ1) is 13.0. The van der Waals surface area contributed by atoms with E-state index in [1.54, 1.807) is 18.2 Å². The van der Waals surface area contributed by atoms with Crippen molar-refractivity contribution < 1.29 is 14.9 Å². The minimum Gasteiger partial charge on any atom is -0.508 e. The first-order valence-electron chi connectivity index (χ1n) is 6.12. The fourth-order valence-corrected chi connectivity index (χ4v) is 1.82. The standard InChI is InChI=1S/C16H16O3/c1-2-19-16(13-6-4-3-5-7-13)10-12-8-14(17)11-15(18)9-12/h3-11,17-18H,2H2,1H3. The van der Waals surface area contributed by atoms with Crippen molar-refractivity contribution >= 4 is 11.8 Å². The van der Waals surface area contributed by atoms with Gasteiger partial charge in [-0.1, -0.05) is 30.3 Å². The first-order valence-corrected chi connectivity index (χ1v) is 6.12. The Morgan fingerprint density at radius 1 is 1.05 bits per heavy atom. The smallest absolute Gasteiger partial charge is 0.127 e. The molecule has 0 aliphatic rings. The van der Waals surface area contributed by atoms with Gasteiger partial charge in [0, 0.05) is 11.6 Å². The largest absolute Gasteiger partial charge is 0.508 e. The molecule has 0 amide bonds. The molecule has 3 nitrogen and oxygen atoms in total. The molecule has 0 aromatic heterocycles. The highest BCUT2D eigenvalue weighted by Gasteiger charge is 2.03. The van der Waals surface area contributed by atoms with E-state index in [4.69, 9.17) is 4.74 Å². The van der Waals surface area contributed by atoms with Gasteiger partial charge in [-0.05, 0) is 30.7 Å². The van der Waals surface area contributed by atoms with Gasteiger partial charge in [-0.15, -0.1) is 0 Å². The van der Waals surface area contributed by atoms with Crippen molar-refractivity contribution in [2.45, 2.75) is 6.92 Å². The molecule has 0 aliphatic carbocycles. The average molecular weight is 256 g/mol. The Balaban J connectivity index is 2.40. The van der Waals surface area contributed by atoms with Crippen LogP contribution in [0.2, 0.25) is 0 Å². The van der Waals surface area contributed by atoms with E-state index in [-0.39, 0.29) is 11.5 Å². The summed E-state index contributed by atoms with van der Waals surface area (Å²) < 4.78 is 5.61. The van der Waals surface area contributed by atoms with Gasteiger partial charge in [0.1, 0.15) is 17.3 Å². The van der Waals surface area contributed by atoms with Crippen LogP contribution in [-0.2, 0) is 4.74 Å². The highest BCUT2D eigenvalue weighted by molar-refractivity contribution is 5.78. The summed E-state index contributed by atoms with van der Waals surface area (Å²) in [5.74, 6) is 0.749. The molecule has 0 spiro atoms. The number of hydrogen-bond acceptors (Lipinski definition) is 3. The van der Waals surface area contributed by atoms with E-state index in [1.165, 1.54) is 6.07 Å². The predicted octanol–water partition coefficient (Wildman–Crippen LogP) is 3.63. The number of ether oxygens (including phenoxy) is 1. The molecule has 0 radical (unpaired) electrons. The molecule has 2 N–H and O–H groups in total. The summed E-state index contributed by atoms with van der Waals surface area (Å²) in [6.07, 6.45) is 1.79. The van der Waals surface area contributed by atoms with Gasteiger partial charge >= 0.3 is 0 Å². The molecule has 2 rings (SSSR count). The zero-order valence-electron chi connectivity index (χ0n) is 10.7. The Labute approximate surface area is 112 Å². The van der Waals surface area contributed by atoms with E-state index in [0.29, 0.717) is 17.9 Å². The number of hydrogen-bond donors (Lipinski definition) is 2. The van der Waals surface area contributed by atoms with Crippen molar-refractivity contribution in [2.24, 2.45) is 0 Å². The van der Waals surface area contributed by atoms with Crippen LogP contribution in [0.1, 0.15) is 18.1 Å². The summed E-state index contributed by atoms with van der Waals surface area (Å²) >= 11 is 0. The van der Waals surface area contributed by atoms with Crippen molar-refractivity contribution in [1.29, 1.82) is 0 Å². The van der Waals surface area contributed by atoms with Gasteiger partial charge in [0.2, 0.25) is 0 Å². The minimum absolute atomic E-state index is 0.0233. The second-order valence-corrected chi connectivity index (χ2v) is 4.09. The number of aromatic hydroxyl groups is 2. The zero-order chi connectivity index (χ0) is 13.7. The third kappa shape index (κ3) is 3.52. The third-order valence-corrected chi connectivity index (χ3v) is 2.58. The molecule has 0 bridgehead atoms. The normalized spacial score (nSPS) is 11.3. The lowest BCUT2D eigenvalue weighted by molar-refractivity contribution is 0.300. The molecule has 0 unspecified atom stereocenters. The fourth-order valence-electron chi connectivity index (χ4n) is 1.82. The van der Waals surface area contributed by atoms with Crippen molar-refractivity contribution in [1.82, 2.24) is 0 Å². The average Bonchev–Trinajstić information content (AvgIpc) is 2.38. The maximum atomic E-state index is 9.48. The molecule has 0 fully saturated rings. The predicted molar refractivity (Wildman–Crippen MR) is 75.7 cm³/mol. The molecule has 98 valence electrons. The molecular formula is C16H16O3. The van der Waals surface area contributed by atoms with Gasteiger partial charge in [0.05, 0.1) is 6.61 Å². The molecule has 2 aromatic carbocycles. The van der Waals surface area contributed by atoms with Crippen LogP contribution in [0.5, 0.6) is 11.5 Å². The number of phenolic OH excluding ortho intramolecular Hbond substituents is 2. The van der Waals surface area contributed by atoms with Crippen LogP contribution in [0.15, 0.2) is 48.5 Å². The van der Waals surface area contributed by atoms with Crippen LogP contribution < -0.4 is 0 Å². The van der Waals surface area contributed by atoms with Crippen molar-refractivity contribution in [3.63, 3.8) is 0 Å². The van der Waals surface area contributed by atoms with Gasteiger partial charge in [-0.2, -0.15) is 0 Å². The minimum atomic E-state index is 0.0233. The second-order valence-electron chi connectivity index (χ2n) is 4.09. The Morgan fingerprint density at radius 3 is 2.26 bits per heavy atom. The Morgan fingerprint density at radius 2 is 1.68 bits per heavy atom. The molecule has 19 heavy (non-hydrogen) atoms. The van der Waals surface area contributed by atoms with E-state index in [9.17, 15) is 10.2 Å². The lowest BCUT2D eigenvalue weighted by Crippen LogP contribution is -1.91. The van der Waals surface area contributed by atoms with E-state index >= 15 is 0 Å². The summed E-state index contributed by atoms with van der Waals surface area (Å²) in [6.45, 7) is 2.46. The lowest BCUT2D eigenvalue weighted by atomic mass is 10.1. The molecule has 0 aliphatic heterocycles. The van der Waals surface area contributed by atoms with Crippen LogP contribution >= 0.6 is 0 Å². The maximum absolute atomic E-state index is 9.48. The van der Waals surface area contributed by atoms with E-state index in [1.807, 2.05) is 37.3 Å². The van der Waals surface area contributed by atoms with Crippen LogP contribution in [0.3, 0.4) is 0 Å². The third-order valence-electron chi connectivity index (χ3n) is 2.58. The Hall–Kier alpha value is -2.42. The quantitative estimate of drug-likeness (QED) is 0.648. The van der Waals surface area contributed by atoms with Gasteiger partial charge < -0.3 is 14.9 Å². The maximum Gasteiger partial charge on any atom is 0.127 e. The molecular weight excluding hydrogens is 240 g/mol. The molecule has 0 atom stereocenters. The van der Waals surface area contributed by atoms with Gasteiger partial charge in [0.15, 0.2) is 0 Å². The monoisotopic (exact) mass is 256 g/mol. The van der Waals surface area contributed by atoms with Crippen LogP contribution in [0, 0.1) is 0 Å². The summed E-state index contributed by atoms with van der Waals surface area (Å²) in [6, 6.07) is 14.1. The second kappa shape index (κ2) is 5.96. The zero-order valence-corrected chi connectivity index (χ0v) is 10.7. The Kier molecular flexibility index (Phi) is 4.08. The summed E-state index contributed by atoms with van der Waals surface area (Å²) in [4.78, 5) is 0. The SMILES string of the molecule is CCOC(=Cc1cc(O)cc(O)c1)c1ccccc1. The van der Waals surface area contributed by atoms with Crippen LogP contribution in [0.4, 0.5) is 0 Å². The number of rotatable bonds is 4. The number of phenols is 2. The van der Waals surface area contributed by atoms with Crippen molar-refractivity contribution in [3.05, 3.63) is 59.7 Å². The van der Waals surface area contributed by atoms with Crippen molar-refractivity contribution in [3.8, 4) is 11.5 Å². The van der Waals surface area contributed by atoms with Gasteiger partial charge in [-0.3, -0.25) is 0 Å². The van der Waals surface area contributed by atoms with E-state index < -0.39 is 0 Å². The van der Waals surface area contributed by atoms with Gasteiger partial charge in [0.25, 0.3) is 0 Å². The van der Waals surface area contributed by atoms with Crippen LogP contribution in [-0.4, -0.2) is 16.8 Å². The van der Waals surface area contributed by atoms with Crippen LogP contribution in [0.25, 0.3) is 11.8 Å². The number of benzene rings is 2. The highest BCUT2D eigenvalue weighted by Crippen LogP contribution is 2.25. The Bertz CT molecular complexity index is 554. The first-order chi connectivity index (χ1) is 9.19. The van der Waals surface area contributed by atoms with E-state index in [2.05, 4.69) is 0 Å². The van der Waals surface area contributed by atoms with Crippen molar-refractivity contribution in [2.75, 3.05) is 6.61 Å². The molecule has 0 saturated carbocycles. The topological polar surface area (TPSA) is 49.7 Å². The summed E-state index contributed by atoms with van der Waals surface area (Å²) in [5, 5.41) is 19.0. The summed E-state index contributed by atoms with van der Waals surface area (Å²) in [5.41, 5.74) is 1.64. The fraction of sp³-hybridized carbons (Fsp3) is 0.125. The lowest BCUT2D eigenvalue weighted by Gasteiger charge is -2.09. The summed E-state index contributed by atoms with van der Waals surface area (Å²) in [7, 11) is 0.